The van der Waals surface area contributed by atoms with Crippen LogP contribution in [0.2, 0.25) is 0 Å². The molecule has 51 heavy (non-hydrogen) atoms. The number of fused-ring (bicyclic) bond motifs is 2. The minimum absolute atomic E-state index is 0. The Morgan fingerprint density at radius 1 is 0.627 bits per heavy atom. The number of esters is 2. The number of ether oxygens (including phenoxy) is 2. The molecule has 0 radical (unpaired) electrons. The maximum Gasteiger partial charge on any atom is 2.00 e. The van der Waals surface area contributed by atoms with Crippen LogP contribution in [0, 0.1) is 27.7 Å². The van der Waals surface area contributed by atoms with Crippen LogP contribution >= 0.6 is 22.7 Å². The molecular formula is C40H36FeN2O6S2. The van der Waals surface area contributed by atoms with Crippen LogP contribution in [-0.4, -0.2) is 37.6 Å². The molecule has 0 N–H and O–H groups in total. The van der Waals surface area contributed by atoms with E-state index in [1.807, 2.05) is 76.2 Å². The number of aryl methyl sites for hydroxylation is 2. The van der Waals surface area contributed by atoms with Crippen molar-refractivity contribution in [1.82, 2.24) is 0 Å². The third kappa shape index (κ3) is 8.57. The molecule has 2 aromatic heterocycles. The van der Waals surface area contributed by atoms with Crippen molar-refractivity contribution in [2.24, 2.45) is 9.98 Å². The molecule has 6 rings (SSSR count). The third-order valence-corrected chi connectivity index (χ3v) is 10.4. The molecule has 0 bridgehead atoms. The number of carbonyl (C=O) groups is 2. The Bertz CT molecular complexity index is 2110. The van der Waals surface area contributed by atoms with E-state index in [0.717, 1.165) is 42.4 Å². The quantitative estimate of drug-likeness (QED) is 0.0867. The van der Waals surface area contributed by atoms with E-state index in [1.165, 1.54) is 22.7 Å². The van der Waals surface area contributed by atoms with Crippen molar-refractivity contribution in [2.45, 2.75) is 41.5 Å². The average molecular weight is 761 g/mol. The van der Waals surface area contributed by atoms with Crippen LogP contribution in [0.3, 0.4) is 0 Å². The summed E-state index contributed by atoms with van der Waals surface area (Å²) in [6.45, 7) is 11.8. The van der Waals surface area contributed by atoms with Crippen molar-refractivity contribution < 1.29 is 46.3 Å². The first-order valence-electron chi connectivity index (χ1n) is 16.0. The molecule has 0 aliphatic carbocycles. The summed E-state index contributed by atoms with van der Waals surface area (Å²) >= 11 is 2.85. The third-order valence-electron chi connectivity index (χ3n) is 8.18. The first-order valence-corrected chi connectivity index (χ1v) is 17.7. The minimum Gasteiger partial charge on any atom is -0.872 e. The molecule has 0 atom stereocenters. The zero-order valence-electron chi connectivity index (χ0n) is 29.0. The van der Waals surface area contributed by atoms with Gasteiger partial charge in [-0.25, -0.2) is 19.6 Å². The van der Waals surface area contributed by atoms with Crippen LogP contribution in [0.25, 0.3) is 21.5 Å². The summed E-state index contributed by atoms with van der Waals surface area (Å²) in [5, 5.41) is 29.3. The standard InChI is InChI=1S/2C20H19NO3S.Fe/c2*1-4-24-20(23)18-12(2)13(3)25-19(18)21-11-16-15-8-6-5-7-14(15)9-10-17(16)22;/h2*5-11,22H,4H2,1-3H3;/q;;+2/p-2/b2*21-11+;. The zero-order chi connectivity index (χ0) is 35.9. The van der Waals surface area contributed by atoms with Crippen molar-refractivity contribution in [1.29, 1.82) is 0 Å². The van der Waals surface area contributed by atoms with Crippen molar-refractivity contribution >= 4 is 78.6 Å². The van der Waals surface area contributed by atoms with Crippen LogP contribution in [0.15, 0.2) is 82.8 Å². The Kier molecular flexibility index (Phi) is 13.3. The number of nitrogens with zero attached hydrogens (tertiary/aromatic N) is 2. The molecule has 8 nitrogen and oxygen atoms in total. The van der Waals surface area contributed by atoms with Gasteiger partial charge in [-0.05, 0) is 85.3 Å². The summed E-state index contributed by atoms with van der Waals surface area (Å²) in [6.07, 6.45) is 3.11. The Balaban J connectivity index is 0.000000224. The monoisotopic (exact) mass is 760 g/mol. The maximum atomic E-state index is 12.3. The van der Waals surface area contributed by atoms with Gasteiger partial charge in [-0.1, -0.05) is 84.3 Å². The molecule has 0 amide bonds. The van der Waals surface area contributed by atoms with Crippen molar-refractivity contribution in [3.63, 3.8) is 0 Å². The van der Waals surface area contributed by atoms with Gasteiger partial charge in [-0.2, -0.15) is 0 Å². The van der Waals surface area contributed by atoms with Gasteiger partial charge in [0.15, 0.2) is 0 Å². The molecule has 0 spiro atoms. The Morgan fingerprint density at radius 3 is 1.37 bits per heavy atom. The molecule has 6 aromatic rings. The fourth-order valence-corrected chi connectivity index (χ4v) is 7.33. The van der Waals surface area contributed by atoms with Gasteiger partial charge in [0.05, 0.1) is 24.3 Å². The molecule has 4 aromatic carbocycles. The van der Waals surface area contributed by atoms with E-state index in [0.29, 0.717) is 45.5 Å². The van der Waals surface area contributed by atoms with Gasteiger partial charge in [0.2, 0.25) is 0 Å². The second-order valence-corrected chi connectivity index (χ2v) is 13.7. The van der Waals surface area contributed by atoms with Crippen LogP contribution in [0.4, 0.5) is 10.0 Å². The molecule has 2 heterocycles. The summed E-state index contributed by atoms with van der Waals surface area (Å²) in [5.74, 6) is -0.941. The molecule has 0 saturated heterocycles. The fourth-order valence-electron chi connectivity index (χ4n) is 5.35. The van der Waals surface area contributed by atoms with Gasteiger partial charge in [-0.15, -0.1) is 22.7 Å². The number of thiophene rings is 2. The number of carbonyl (C=O) groups excluding carboxylic acids is 2. The van der Waals surface area contributed by atoms with E-state index in [2.05, 4.69) is 9.98 Å². The van der Waals surface area contributed by atoms with E-state index >= 15 is 0 Å². The molecular weight excluding hydrogens is 724 g/mol. The van der Waals surface area contributed by atoms with Gasteiger partial charge < -0.3 is 19.7 Å². The largest absolute Gasteiger partial charge is 2.00 e. The first-order chi connectivity index (χ1) is 24.0. The number of rotatable bonds is 8. The predicted octanol–water partition coefficient (Wildman–Crippen LogP) is 9.04. The second-order valence-electron chi connectivity index (χ2n) is 11.3. The summed E-state index contributed by atoms with van der Waals surface area (Å²) in [7, 11) is 0. The van der Waals surface area contributed by atoms with E-state index in [4.69, 9.17) is 9.47 Å². The van der Waals surface area contributed by atoms with Gasteiger partial charge in [0.25, 0.3) is 0 Å². The smallest absolute Gasteiger partial charge is 0.872 e. The van der Waals surface area contributed by atoms with Crippen LogP contribution in [0.1, 0.15) is 66.6 Å². The second kappa shape index (κ2) is 17.4. The molecule has 0 aliphatic heterocycles. The van der Waals surface area contributed by atoms with Crippen LogP contribution < -0.4 is 10.2 Å². The zero-order valence-corrected chi connectivity index (χ0v) is 31.7. The normalized spacial score (nSPS) is 11.1. The summed E-state index contributed by atoms with van der Waals surface area (Å²) in [5.41, 5.74) is 3.75. The van der Waals surface area contributed by atoms with Crippen molar-refractivity contribution in [2.75, 3.05) is 13.2 Å². The Morgan fingerprint density at radius 2 is 1.00 bits per heavy atom. The summed E-state index contributed by atoms with van der Waals surface area (Å²) in [4.78, 5) is 35.4. The van der Waals surface area contributed by atoms with Crippen LogP contribution in [0.5, 0.6) is 11.5 Å². The van der Waals surface area contributed by atoms with E-state index in [1.54, 1.807) is 50.5 Å². The molecule has 262 valence electrons. The average Bonchev–Trinajstić information content (AvgIpc) is 3.56. The van der Waals surface area contributed by atoms with E-state index < -0.39 is 0 Å². The molecule has 0 unspecified atom stereocenters. The summed E-state index contributed by atoms with van der Waals surface area (Å²) < 4.78 is 10.3. The first kappa shape index (κ1) is 39.0. The van der Waals surface area contributed by atoms with Gasteiger partial charge in [-0.3, -0.25) is 0 Å². The van der Waals surface area contributed by atoms with Crippen LogP contribution in [-0.2, 0) is 26.5 Å². The predicted molar refractivity (Wildman–Crippen MR) is 201 cm³/mol. The summed E-state index contributed by atoms with van der Waals surface area (Å²) in [6, 6.07) is 22.0. The SMILES string of the molecule is CCOC(=O)c1c(/N=C/c2c([O-])ccc3ccccc23)sc(C)c1C.CCOC(=O)c1c(/N=C/c2c([O-])ccc3ccccc23)sc(C)c1C.[Fe+2]. The molecule has 0 fully saturated rings. The van der Waals surface area contributed by atoms with Crippen molar-refractivity contribution in [3.05, 3.63) is 116 Å². The minimum atomic E-state index is -0.378. The Labute approximate surface area is 315 Å². The number of aliphatic imine (C=N–C) groups is 2. The molecule has 11 heteroatoms. The van der Waals surface area contributed by atoms with Gasteiger partial charge >= 0.3 is 29.0 Å². The number of benzene rings is 4. The Hall–Kier alpha value is -4.80. The van der Waals surface area contributed by atoms with Gasteiger partial charge in [0, 0.05) is 22.2 Å². The van der Waals surface area contributed by atoms with Crippen molar-refractivity contribution in [3.8, 4) is 11.5 Å². The maximum absolute atomic E-state index is 12.3. The fraction of sp³-hybridized carbons (Fsp3) is 0.200. The topological polar surface area (TPSA) is 123 Å². The van der Waals surface area contributed by atoms with E-state index in [9.17, 15) is 19.8 Å². The van der Waals surface area contributed by atoms with Gasteiger partial charge in [0.1, 0.15) is 10.0 Å². The van der Waals surface area contributed by atoms with E-state index in [-0.39, 0.29) is 40.5 Å². The number of hydrogen-bond donors (Lipinski definition) is 0. The molecule has 0 aliphatic rings. The molecule has 0 saturated carbocycles. The number of hydrogen-bond acceptors (Lipinski definition) is 10.